The van der Waals surface area contributed by atoms with Crippen LogP contribution in [0, 0.1) is 0 Å². The molecule has 15 heteroatoms. The quantitative estimate of drug-likeness (QED) is 0.150. The molecule has 0 radical (unpaired) electrons. The van der Waals surface area contributed by atoms with E-state index >= 15 is 0 Å². The van der Waals surface area contributed by atoms with E-state index in [9.17, 15) is 39.5 Å². The zero-order chi connectivity index (χ0) is 31.0. The third kappa shape index (κ3) is 6.67. The molecule has 4 aromatic rings. The van der Waals surface area contributed by atoms with Gasteiger partial charge in [-0.25, -0.2) is 0 Å². The highest BCUT2D eigenvalue weighted by Gasteiger charge is 2.38. The van der Waals surface area contributed by atoms with Crippen molar-refractivity contribution in [2.45, 2.75) is 18.5 Å². The molecular formula is C27H18F9N3O3. The zero-order valence-corrected chi connectivity index (χ0v) is 20.8. The van der Waals surface area contributed by atoms with Crippen molar-refractivity contribution in [1.29, 1.82) is 0 Å². The zero-order valence-electron chi connectivity index (χ0n) is 20.8. The van der Waals surface area contributed by atoms with Crippen LogP contribution >= 0.6 is 0 Å². The number of para-hydroxylation sites is 1. The molecule has 4 aromatic carbocycles. The van der Waals surface area contributed by atoms with Crippen LogP contribution in [-0.2, 0) is 18.5 Å². The highest BCUT2D eigenvalue weighted by molar-refractivity contribution is 5.60. The molecule has 0 bridgehead atoms. The molecule has 0 aliphatic carbocycles. The van der Waals surface area contributed by atoms with Crippen LogP contribution in [0.5, 0.6) is 34.5 Å². The number of halogens is 9. The maximum Gasteiger partial charge on any atom is 0.420 e. The van der Waals surface area contributed by atoms with Gasteiger partial charge < -0.3 is 31.4 Å². The van der Waals surface area contributed by atoms with Gasteiger partial charge in [-0.3, -0.25) is 0 Å². The molecule has 0 amide bonds. The molecule has 6 N–H and O–H groups in total. The predicted molar refractivity (Wildman–Crippen MR) is 134 cm³/mol. The van der Waals surface area contributed by atoms with Gasteiger partial charge in [-0.15, -0.1) is 0 Å². The van der Waals surface area contributed by atoms with Crippen LogP contribution in [0.1, 0.15) is 16.7 Å². The summed E-state index contributed by atoms with van der Waals surface area (Å²) in [5, 5.41) is 0. The van der Waals surface area contributed by atoms with E-state index in [2.05, 4.69) is 0 Å². The lowest BCUT2D eigenvalue weighted by molar-refractivity contribution is -0.139. The number of nitrogens with two attached hydrogens (primary N) is 3. The van der Waals surface area contributed by atoms with E-state index < -0.39 is 69.7 Å². The summed E-state index contributed by atoms with van der Waals surface area (Å²) in [4.78, 5) is 0. The summed E-state index contributed by atoms with van der Waals surface area (Å²) < 4.78 is 140. The van der Waals surface area contributed by atoms with Gasteiger partial charge in [-0.2, -0.15) is 39.5 Å². The fourth-order valence-electron chi connectivity index (χ4n) is 3.68. The van der Waals surface area contributed by atoms with Gasteiger partial charge in [0, 0.05) is 17.1 Å². The minimum atomic E-state index is -5.03. The maximum atomic E-state index is 13.8. The number of hydrogen-bond donors (Lipinski definition) is 3. The minimum absolute atomic E-state index is 0.275. The first-order valence-electron chi connectivity index (χ1n) is 11.5. The Bertz CT molecular complexity index is 1530. The van der Waals surface area contributed by atoms with Gasteiger partial charge in [0.25, 0.3) is 0 Å². The molecule has 0 aliphatic heterocycles. The van der Waals surface area contributed by atoms with Crippen LogP contribution in [0.25, 0.3) is 0 Å². The standard InChI is InChI=1S/C27H18F9N3O3/c28-25(29,30)16-10-13(37)4-7-19(16)40-22-2-1-3-23(41-20-8-5-14(38)11-17(20)26(31,32)33)24(22)42-21-9-6-15(39)12-18(21)27(34,35)36/h1-12H,37-39H2. The molecule has 0 aromatic heterocycles. The second kappa shape index (κ2) is 10.8. The Balaban J connectivity index is 1.91. The van der Waals surface area contributed by atoms with Gasteiger partial charge in [0.2, 0.25) is 5.75 Å². The van der Waals surface area contributed by atoms with Gasteiger partial charge in [-0.05, 0) is 66.7 Å². The van der Waals surface area contributed by atoms with Crippen LogP contribution in [0.2, 0.25) is 0 Å². The summed E-state index contributed by atoms with van der Waals surface area (Å²) in [5.41, 5.74) is 11.5. The van der Waals surface area contributed by atoms with Crippen LogP contribution in [0.4, 0.5) is 56.6 Å². The molecule has 0 unspecified atom stereocenters. The van der Waals surface area contributed by atoms with Crippen LogP contribution in [0.3, 0.4) is 0 Å². The summed E-state index contributed by atoms with van der Waals surface area (Å²) in [6.45, 7) is 0. The first-order valence-corrected chi connectivity index (χ1v) is 11.5. The Kier molecular flexibility index (Phi) is 7.72. The molecule has 222 valence electrons. The summed E-state index contributed by atoms with van der Waals surface area (Å²) in [5.74, 6) is -4.65. The predicted octanol–water partition coefficient (Wildman–Crippen LogP) is 8.87. The van der Waals surface area contributed by atoms with Gasteiger partial charge in [0.05, 0.1) is 0 Å². The maximum absolute atomic E-state index is 13.8. The third-order valence-corrected chi connectivity index (χ3v) is 5.52. The highest BCUT2D eigenvalue weighted by Crippen LogP contribution is 2.49. The van der Waals surface area contributed by atoms with Gasteiger partial charge >= 0.3 is 18.5 Å². The van der Waals surface area contributed by atoms with Crippen molar-refractivity contribution in [2.24, 2.45) is 0 Å². The van der Waals surface area contributed by atoms with Crippen molar-refractivity contribution in [3.63, 3.8) is 0 Å². The van der Waals surface area contributed by atoms with E-state index in [1.54, 1.807) is 0 Å². The molecular weight excluding hydrogens is 585 g/mol. The molecule has 0 atom stereocenters. The normalized spacial score (nSPS) is 12.2. The fraction of sp³-hybridized carbons (Fsp3) is 0.111. The van der Waals surface area contributed by atoms with Crippen molar-refractivity contribution >= 4 is 17.1 Å². The topological polar surface area (TPSA) is 106 Å². The van der Waals surface area contributed by atoms with Crippen LogP contribution < -0.4 is 31.4 Å². The summed E-state index contributed by atoms with van der Waals surface area (Å²) >= 11 is 0. The van der Waals surface area contributed by atoms with E-state index in [-0.39, 0.29) is 17.1 Å². The van der Waals surface area contributed by atoms with E-state index in [1.807, 2.05) is 0 Å². The second-order valence-corrected chi connectivity index (χ2v) is 8.65. The molecule has 0 saturated carbocycles. The molecule has 0 heterocycles. The van der Waals surface area contributed by atoms with Crippen LogP contribution in [-0.4, -0.2) is 0 Å². The molecule has 0 saturated heterocycles. The Labute approximate surface area is 231 Å². The first-order chi connectivity index (χ1) is 19.4. The van der Waals surface area contributed by atoms with E-state index in [0.717, 1.165) is 54.6 Å². The first kappa shape index (κ1) is 30.0. The Hall–Kier alpha value is -4.95. The smallest absolute Gasteiger partial charge is 0.420 e. The Morgan fingerprint density at radius 1 is 0.405 bits per heavy atom. The van der Waals surface area contributed by atoms with Gasteiger partial charge in [0.15, 0.2) is 11.5 Å². The Morgan fingerprint density at radius 3 is 1.02 bits per heavy atom. The number of hydrogen-bond acceptors (Lipinski definition) is 6. The molecule has 6 nitrogen and oxygen atoms in total. The highest BCUT2D eigenvalue weighted by atomic mass is 19.4. The van der Waals surface area contributed by atoms with E-state index in [1.165, 1.54) is 0 Å². The number of ether oxygens (including phenoxy) is 3. The number of alkyl halides is 9. The molecule has 0 fully saturated rings. The fourth-order valence-corrected chi connectivity index (χ4v) is 3.68. The summed E-state index contributed by atoms with van der Waals surface area (Å²) in [7, 11) is 0. The van der Waals surface area contributed by atoms with Crippen molar-refractivity contribution in [3.05, 3.63) is 89.5 Å². The minimum Gasteiger partial charge on any atom is -0.453 e. The molecule has 42 heavy (non-hydrogen) atoms. The van der Waals surface area contributed by atoms with Gasteiger partial charge in [0.1, 0.15) is 33.9 Å². The number of nitrogen functional groups attached to an aromatic ring is 3. The average molecular weight is 603 g/mol. The average Bonchev–Trinajstić information content (AvgIpc) is 2.87. The van der Waals surface area contributed by atoms with Crippen molar-refractivity contribution < 1.29 is 53.7 Å². The van der Waals surface area contributed by atoms with Gasteiger partial charge in [-0.1, -0.05) is 6.07 Å². The number of rotatable bonds is 6. The lowest BCUT2D eigenvalue weighted by Gasteiger charge is -2.21. The third-order valence-electron chi connectivity index (χ3n) is 5.52. The second-order valence-electron chi connectivity index (χ2n) is 8.65. The monoisotopic (exact) mass is 603 g/mol. The largest absolute Gasteiger partial charge is 0.453 e. The molecule has 0 spiro atoms. The number of benzene rings is 4. The van der Waals surface area contributed by atoms with Crippen molar-refractivity contribution in [3.8, 4) is 34.5 Å². The van der Waals surface area contributed by atoms with Crippen molar-refractivity contribution in [2.75, 3.05) is 17.2 Å². The molecule has 0 aliphatic rings. The van der Waals surface area contributed by atoms with E-state index in [4.69, 9.17) is 31.4 Å². The lowest BCUT2D eigenvalue weighted by Crippen LogP contribution is -2.10. The van der Waals surface area contributed by atoms with E-state index in [0.29, 0.717) is 18.2 Å². The number of anilines is 3. The Morgan fingerprint density at radius 2 is 0.714 bits per heavy atom. The van der Waals surface area contributed by atoms with Crippen molar-refractivity contribution in [1.82, 2.24) is 0 Å². The summed E-state index contributed by atoms with van der Waals surface area (Å²) in [6.07, 6.45) is -15.0. The molecule has 4 rings (SSSR count). The SMILES string of the molecule is Nc1ccc(Oc2cccc(Oc3ccc(N)cc3C(F)(F)F)c2Oc2ccc(N)cc2C(F)(F)F)c(C(F)(F)F)c1. The van der Waals surface area contributed by atoms with Crippen LogP contribution in [0.15, 0.2) is 72.8 Å². The lowest BCUT2D eigenvalue weighted by atomic mass is 10.1. The summed E-state index contributed by atoms with van der Waals surface area (Å²) in [6, 6.07) is 10.5.